The summed E-state index contributed by atoms with van der Waals surface area (Å²) in [6.45, 7) is 1.56. The van der Waals surface area contributed by atoms with Crippen LogP contribution < -0.4 is 16.6 Å². The summed E-state index contributed by atoms with van der Waals surface area (Å²) in [6, 6.07) is 0. The number of nitrogens with two attached hydrogens (primary N) is 1. The molecule has 2 aromatic rings. The molecule has 0 unspecified atom stereocenters. The molecule has 0 aliphatic carbocycles. The minimum Gasteiger partial charge on any atom is -0.387 e. The minimum absolute atomic E-state index is 0.0150. The van der Waals surface area contributed by atoms with E-state index in [0.29, 0.717) is 19.4 Å². The molecule has 4 rings (SSSR count). The second-order valence-electron chi connectivity index (χ2n) is 7.33. The highest BCUT2D eigenvalue weighted by atomic mass is 16.6. The summed E-state index contributed by atoms with van der Waals surface area (Å²) in [5, 5.41) is 23.4. The Balaban J connectivity index is 1.40. The molecule has 162 valence electrons. The summed E-state index contributed by atoms with van der Waals surface area (Å²) in [6.07, 6.45) is -2.27. The van der Waals surface area contributed by atoms with E-state index in [1.165, 1.54) is 10.9 Å². The molecule has 30 heavy (non-hydrogen) atoms. The van der Waals surface area contributed by atoms with Crippen LogP contribution in [0.1, 0.15) is 25.5 Å². The van der Waals surface area contributed by atoms with Gasteiger partial charge in [-0.05, 0) is 12.8 Å². The van der Waals surface area contributed by atoms with Gasteiger partial charge < -0.3 is 30.9 Å². The SMILES string of the molecule is Nc1nc2c(ncn2[C@@H]2O[C@H](C(=O)NCCCN3CCCC3=O)[C@@H](O)[C@H]2O)c(=O)[nH]1. The van der Waals surface area contributed by atoms with Crippen molar-refractivity contribution < 1.29 is 24.5 Å². The fourth-order valence-electron chi connectivity index (χ4n) is 3.76. The lowest BCUT2D eigenvalue weighted by Gasteiger charge is -2.17. The van der Waals surface area contributed by atoms with Gasteiger partial charge in [0.25, 0.3) is 11.5 Å². The molecule has 6 N–H and O–H groups in total. The second-order valence-corrected chi connectivity index (χ2v) is 7.33. The Hall–Kier alpha value is -3.03. The lowest BCUT2D eigenvalue weighted by atomic mass is 10.1. The first-order valence-electron chi connectivity index (χ1n) is 9.66. The van der Waals surface area contributed by atoms with Gasteiger partial charge in [-0.1, -0.05) is 0 Å². The summed E-state index contributed by atoms with van der Waals surface area (Å²) >= 11 is 0. The molecule has 0 saturated carbocycles. The van der Waals surface area contributed by atoms with Crippen molar-refractivity contribution >= 4 is 28.9 Å². The number of nitrogen functional groups attached to an aromatic ring is 1. The van der Waals surface area contributed by atoms with E-state index in [1.54, 1.807) is 4.90 Å². The van der Waals surface area contributed by atoms with Gasteiger partial charge in [0.2, 0.25) is 11.9 Å². The molecule has 2 aliphatic heterocycles. The van der Waals surface area contributed by atoms with Crippen LogP contribution in [0.3, 0.4) is 0 Å². The van der Waals surface area contributed by atoms with Crippen molar-refractivity contribution in [3.63, 3.8) is 0 Å². The third kappa shape index (κ3) is 3.62. The van der Waals surface area contributed by atoms with Crippen LogP contribution in [0.25, 0.3) is 11.2 Å². The van der Waals surface area contributed by atoms with Gasteiger partial charge in [-0.15, -0.1) is 0 Å². The predicted molar refractivity (Wildman–Crippen MR) is 102 cm³/mol. The number of aromatic amines is 1. The molecule has 4 atom stereocenters. The fourth-order valence-corrected chi connectivity index (χ4v) is 3.76. The number of carbonyl (C=O) groups is 2. The molecule has 2 fully saturated rings. The van der Waals surface area contributed by atoms with E-state index in [1.807, 2.05) is 0 Å². The van der Waals surface area contributed by atoms with Crippen LogP contribution in [0.15, 0.2) is 11.1 Å². The average Bonchev–Trinajstić information content (AvgIpc) is 3.38. The average molecular weight is 421 g/mol. The lowest BCUT2D eigenvalue weighted by molar-refractivity contribution is -0.137. The van der Waals surface area contributed by atoms with E-state index in [-0.39, 0.29) is 29.6 Å². The van der Waals surface area contributed by atoms with Crippen LogP contribution in [-0.4, -0.2) is 84.4 Å². The molecule has 0 spiro atoms. The van der Waals surface area contributed by atoms with Gasteiger partial charge in [-0.2, -0.15) is 4.98 Å². The zero-order valence-corrected chi connectivity index (χ0v) is 16.0. The molecule has 2 saturated heterocycles. The molecule has 2 aliphatic rings. The number of nitrogens with zero attached hydrogens (tertiary/aromatic N) is 4. The molecule has 2 aromatic heterocycles. The number of anilines is 1. The first-order chi connectivity index (χ1) is 14.4. The van der Waals surface area contributed by atoms with Gasteiger partial charge >= 0.3 is 0 Å². The highest BCUT2D eigenvalue weighted by Crippen LogP contribution is 2.31. The number of nitrogens with one attached hydrogen (secondary N) is 2. The molecule has 13 heteroatoms. The smallest absolute Gasteiger partial charge is 0.280 e. The minimum atomic E-state index is -1.49. The Kier molecular flexibility index (Phi) is 5.40. The van der Waals surface area contributed by atoms with Crippen molar-refractivity contribution in [2.24, 2.45) is 0 Å². The Labute approximate surface area is 169 Å². The number of hydrogen-bond donors (Lipinski definition) is 5. The molecule has 0 aromatic carbocycles. The zero-order chi connectivity index (χ0) is 21.4. The van der Waals surface area contributed by atoms with Gasteiger partial charge in [0, 0.05) is 26.1 Å². The van der Waals surface area contributed by atoms with Crippen LogP contribution >= 0.6 is 0 Å². The van der Waals surface area contributed by atoms with Crippen LogP contribution in [0.4, 0.5) is 5.95 Å². The Morgan fingerprint density at radius 2 is 2.17 bits per heavy atom. The number of fused-ring (bicyclic) bond motifs is 1. The largest absolute Gasteiger partial charge is 0.387 e. The molecule has 0 radical (unpaired) electrons. The quantitative estimate of drug-likeness (QED) is 0.313. The number of aliphatic hydroxyl groups is 2. The van der Waals surface area contributed by atoms with Gasteiger partial charge in [0.1, 0.15) is 12.2 Å². The Morgan fingerprint density at radius 1 is 1.37 bits per heavy atom. The van der Waals surface area contributed by atoms with Crippen molar-refractivity contribution in [2.75, 3.05) is 25.4 Å². The highest BCUT2D eigenvalue weighted by Gasteiger charge is 2.47. The third-order valence-electron chi connectivity index (χ3n) is 5.30. The summed E-state index contributed by atoms with van der Waals surface area (Å²) in [5.74, 6) is -0.623. The van der Waals surface area contributed by atoms with Gasteiger partial charge in [0.05, 0.1) is 6.33 Å². The molecular weight excluding hydrogens is 398 g/mol. The summed E-state index contributed by atoms with van der Waals surface area (Å²) in [4.78, 5) is 47.9. The number of hydrogen-bond acceptors (Lipinski definition) is 9. The summed E-state index contributed by atoms with van der Waals surface area (Å²) in [7, 11) is 0. The van der Waals surface area contributed by atoms with Crippen LogP contribution in [0, 0.1) is 0 Å². The van der Waals surface area contributed by atoms with Crippen molar-refractivity contribution in [1.29, 1.82) is 0 Å². The van der Waals surface area contributed by atoms with E-state index in [2.05, 4.69) is 20.3 Å². The lowest BCUT2D eigenvalue weighted by Crippen LogP contribution is -2.43. The second kappa shape index (κ2) is 8.01. The topological polar surface area (TPSA) is 189 Å². The van der Waals surface area contributed by atoms with E-state index >= 15 is 0 Å². The highest BCUT2D eigenvalue weighted by molar-refractivity contribution is 5.82. The summed E-state index contributed by atoms with van der Waals surface area (Å²) < 4.78 is 6.83. The number of carbonyl (C=O) groups excluding carboxylic acids is 2. The van der Waals surface area contributed by atoms with E-state index < -0.39 is 36.0 Å². The normalized spacial score (nSPS) is 26.6. The molecule has 2 amide bonds. The number of H-pyrrole nitrogens is 1. The van der Waals surface area contributed by atoms with Crippen molar-refractivity contribution in [3.8, 4) is 0 Å². The van der Waals surface area contributed by atoms with Crippen molar-refractivity contribution in [2.45, 2.75) is 43.8 Å². The number of likely N-dealkylation sites (tertiary alicyclic amines) is 1. The molecule has 4 heterocycles. The molecule has 0 bridgehead atoms. The van der Waals surface area contributed by atoms with Crippen molar-refractivity contribution in [1.82, 2.24) is 29.7 Å². The number of rotatable bonds is 6. The van der Waals surface area contributed by atoms with Crippen molar-refractivity contribution in [3.05, 3.63) is 16.7 Å². The van der Waals surface area contributed by atoms with E-state index in [9.17, 15) is 24.6 Å². The maximum Gasteiger partial charge on any atom is 0.280 e. The number of ether oxygens (including phenoxy) is 1. The van der Waals surface area contributed by atoms with E-state index in [4.69, 9.17) is 10.5 Å². The number of aromatic nitrogens is 4. The maximum atomic E-state index is 12.4. The number of imidazole rings is 1. The standard InChI is InChI=1S/C17H23N7O6/c18-17-21-13-9(14(28)22-17)20-7-24(13)16-11(27)10(26)12(30-16)15(29)19-4-2-6-23-5-1-3-8(23)25/h7,10-12,16,26-27H,1-6H2,(H,19,29)(H3,18,21,22,28)/t10-,11+,12-,16+/m0/s1. The monoisotopic (exact) mass is 421 g/mol. The van der Waals surface area contributed by atoms with Gasteiger partial charge in [-0.3, -0.25) is 23.9 Å². The van der Waals surface area contributed by atoms with Gasteiger partial charge in [0.15, 0.2) is 23.5 Å². The van der Waals surface area contributed by atoms with Crippen LogP contribution in [-0.2, 0) is 14.3 Å². The fraction of sp³-hybridized carbons (Fsp3) is 0.588. The van der Waals surface area contributed by atoms with E-state index in [0.717, 1.165) is 13.0 Å². The molecule has 13 nitrogen and oxygen atoms in total. The summed E-state index contributed by atoms with van der Waals surface area (Å²) in [5.41, 5.74) is 5.05. The first kappa shape index (κ1) is 20.3. The Bertz CT molecular complexity index is 1020. The maximum absolute atomic E-state index is 12.4. The predicted octanol–water partition coefficient (Wildman–Crippen LogP) is -2.55. The van der Waals surface area contributed by atoms with Crippen LogP contribution in [0.5, 0.6) is 0 Å². The first-order valence-corrected chi connectivity index (χ1v) is 9.66. The Morgan fingerprint density at radius 3 is 2.90 bits per heavy atom. The molecular formula is C17H23N7O6. The number of aliphatic hydroxyl groups excluding tert-OH is 2. The third-order valence-corrected chi connectivity index (χ3v) is 5.30. The van der Waals surface area contributed by atoms with Gasteiger partial charge in [-0.25, -0.2) is 4.98 Å². The van der Waals surface area contributed by atoms with Crippen LogP contribution in [0.2, 0.25) is 0 Å². The number of amides is 2. The zero-order valence-electron chi connectivity index (χ0n) is 16.0.